The highest BCUT2D eigenvalue weighted by Gasteiger charge is 2.19. The Morgan fingerprint density at radius 3 is 2.60 bits per heavy atom. The van der Waals surface area contributed by atoms with Gasteiger partial charge in [0.1, 0.15) is 11.6 Å². The first kappa shape index (κ1) is 19.8. The molecule has 0 atom stereocenters. The summed E-state index contributed by atoms with van der Waals surface area (Å²) in [7, 11) is 1.52. The lowest BCUT2D eigenvalue weighted by Crippen LogP contribution is -2.16. The number of hydrogen-bond acceptors (Lipinski definition) is 4. The van der Waals surface area contributed by atoms with Crippen molar-refractivity contribution in [3.8, 4) is 16.9 Å². The number of halogens is 2. The fraction of sp³-hybridized carbons (Fsp3) is 0.136. The molecule has 0 bridgehead atoms. The third-order valence-electron chi connectivity index (χ3n) is 4.85. The van der Waals surface area contributed by atoms with Crippen LogP contribution in [-0.4, -0.2) is 27.6 Å². The minimum Gasteiger partial charge on any atom is -0.495 e. The summed E-state index contributed by atoms with van der Waals surface area (Å²) in [6.45, 7) is 3.64. The monoisotopic (exact) mass is 424 g/mol. The van der Waals surface area contributed by atoms with E-state index >= 15 is 0 Å². The Morgan fingerprint density at radius 2 is 1.90 bits per heavy atom. The molecule has 8 heteroatoms. The van der Waals surface area contributed by atoms with Crippen molar-refractivity contribution in [3.05, 3.63) is 76.5 Å². The highest BCUT2D eigenvalue weighted by molar-refractivity contribution is 6.31. The number of nitrogens with zero attached hydrogens (tertiary/aromatic N) is 3. The van der Waals surface area contributed by atoms with Gasteiger partial charge in [-0.1, -0.05) is 23.7 Å². The van der Waals surface area contributed by atoms with Gasteiger partial charge >= 0.3 is 0 Å². The van der Waals surface area contributed by atoms with E-state index in [9.17, 15) is 9.18 Å². The molecule has 0 saturated carbocycles. The standard InChI is InChI=1S/C22H18ClFN4O2/c1-12-20(14-4-7-16(24)8-5-14)21-25-11-17(13(2)28(21)27-12)22(29)26-18-10-15(23)6-9-19(18)30-3/h4-11H,1-3H3,(H,26,29). The van der Waals surface area contributed by atoms with Crippen molar-refractivity contribution in [2.24, 2.45) is 0 Å². The highest BCUT2D eigenvalue weighted by Crippen LogP contribution is 2.30. The zero-order valence-electron chi connectivity index (χ0n) is 16.5. The fourth-order valence-electron chi connectivity index (χ4n) is 3.35. The molecule has 0 fully saturated rings. The van der Waals surface area contributed by atoms with E-state index in [4.69, 9.17) is 16.3 Å². The topological polar surface area (TPSA) is 68.5 Å². The van der Waals surface area contributed by atoms with Crippen molar-refractivity contribution in [1.29, 1.82) is 0 Å². The predicted molar refractivity (Wildman–Crippen MR) is 114 cm³/mol. The van der Waals surface area contributed by atoms with E-state index in [-0.39, 0.29) is 11.7 Å². The Morgan fingerprint density at radius 1 is 1.17 bits per heavy atom. The molecule has 0 radical (unpaired) electrons. The van der Waals surface area contributed by atoms with Crippen LogP contribution in [0.3, 0.4) is 0 Å². The van der Waals surface area contributed by atoms with E-state index in [2.05, 4.69) is 15.4 Å². The molecule has 0 aliphatic heterocycles. The number of benzene rings is 2. The van der Waals surface area contributed by atoms with E-state index < -0.39 is 0 Å². The van der Waals surface area contributed by atoms with Crippen molar-refractivity contribution >= 4 is 28.8 Å². The number of amides is 1. The van der Waals surface area contributed by atoms with Crippen molar-refractivity contribution in [2.45, 2.75) is 13.8 Å². The van der Waals surface area contributed by atoms with Crippen LogP contribution in [0.25, 0.3) is 16.8 Å². The molecule has 2 heterocycles. The Labute approximate surface area is 177 Å². The summed E-state index contributed by atoms with van der Waals surface area (Å²) in [6.07, 6.45) is 1.51. The molecule has 1 N–H and O–H groups in total. The molecule has 6 nitrogen and oxygen atoms in total. The average molecular weight is 425 g/mol. The Hall–Kier alpha value is -3.45. The maximum absolute atomic E-state index is 13.3. The van der Waals surface area contributed by atoms with Gasteiger partial charge in [0, 0.05) is 16.8 Å². The predicted octanol–water partition coefficient (Wildman–Crippen LogP) is 5.07. The number of aromatic nitrogens is 3. The number of rotatable bonds is 4. The van der Waals surface area contributed by atoms with Gasteiger partial charge in [-0.2, -0.15) is 5.10 Å². The van der Waals surface area contributed by atoms with Gasteiger partial charge in [0.05, 0.1) is 29.7 Å². The summed E-state index contributed by atoms with van der Waals surface area (Å²) < 4.78 is 20.2. The Bertz CT molecular complexity index is 1270. The van der Waals surface area contributed by atoms with Crippen LogP contribution >= 0.6 is 11.6 Å². The second-order valence-corrected chi connectivity index (χ2v) is 7.20. The summed E-state index contributed by atoms with van der Waals surface area (Å²) in [4.78, 5) is 17.4. The van der Waals surface area contributed by atoms with E-state index in [0.717, 1.165) is 16.8 Å². The van der Waals surface area contributed by atoms with Crippen LogP contribution in [-0.2, 0) is 0 Å². The molecule has 4 aromatic rings. The molecule has 0 aliphatic carbocycles. The largest absolute Gasteiger partial charge is 0.495 e. The van der Waals surface area contributed by atoms with Crippen molar-refractivity contribution in [2.75, 3.05) is 12.4 Å². The maximum atomic E-state index is 13.3. The van der Waals surface area contributed by atoms with Crippen molar-refractivity contribution in [1.82, 2.24) is 14.6 Å². The van der Waals surface area contributed by atoms with Crippen molar-refractivity contribution < 1.29 is 13.9 Å². The van der Waals surface area contributed by atoms with Gasteiger partial charge in [0.15, 0.2) is 5.65 Å². The Kier molecular flexibility index (Phi) is 5.13. The lowest BCUT2D eigenvalue weighted by molar-refractivity contribution is 0.102. The summed E-state index contributed by atoms with van der Waals surface area (Å²) in [5.74, 6) is -0.181. The molecule has 30 heavy (non-hydrogen) atoms. The minimum absolute atomic E-state index is 0.313. The number of ether oxygens (including phenoxy) is 1. The number of hydrogen-bond donors (Lipinski definition) is 1. The molecule has 0 aliphatic rings. The first-order valence-corrected chi connectivity index (χ1v) is 9.52. The van der Waals surface area contributed by atoms with Gasteiger partial charge in [-0.25, -0.2) is 13.9 Å². The highest BCUT2D eigenvalue weighted by atomic mass is 35.5. The number of nitrogens with one attached hydrogen (secondary N) is 1. The molecule has 2 aromatic heterocycles. The maximum Gasteiger partial charge on any atom is 0.259 e. The third-order valence-corrected chi connectivity index (χ3v) is 5.08. The van der Waals surface area contributed by atoms with Crippen LogP contribution < -0.4 is 10.1 Å². The van der Waals surface area contributed by atoms with Crippen LogP contribution in [0.4, 0.5) is 10.1 Å². The molecule has 4 rings (SSSR count). The van der Waals surface area contributed by atoms with Gasteiger partial charge in [-0.05, 0) is 49.7 Å². The first-order valence-electron chi connectivity index (χ1n) is 9.15. The summed E-state index contributed by atoms with van der Waals surface area (Å²) in [5, 5.41) is 7.83. The van der Waals surface area contributed by atoms with Gasteiger partial charge in [-0.3, -0.25) is 4.79 Å². The van der Waals surface area contributed by atoms with Crippen LogP contribution in [0.1, 0.15) is 21.7 Å². The fourth-order valence-corrected chi connectivity index (χ4v) is 3.52. The van der Waals surface area contributed by atoms with E-state index in [0.29, 0.717) is 33.4 Å². The number of carbonyl (C=O) groups is 1. The molecule has 2 aromatic carbocycles. The zero-order chi connectivity index (χ0) is 21.4. The molecule has 0 saturated heterocycles. The quantitative estimate of drug-likeness (QED) is 0.496. The molecule has 0 unspecified atom stereocenters. The van der Waals surface area contributed by atoms with Crippen molar-refractivity contribution in [3.63, 3.8) is 0 Å². The Balaban J connectivity index is 1.75. The molecule has 0 spiro atoms. The first-order chi connectivity index (χ1) is 14.4. The summed E-state index contributed by atoms with van der Waals surface area (Å²) >= 11 is 6.04. The number of carbonyl (C=O) groups excluding carboxylic acids is 1. The third kappa shape index (κ3) is 3.48. The second-order valence-electron chi connectivity index (χ2n) is 6.76. The average Bonchev–Trinajstić information content (AvgIpc) is 3.06. The lowest BCUT2D eigenvalue weighted by atomic mass is 10.1. The van der Waals surface area contributed by atoms with Gasteiger partial charge in [0.2, 0.25) is 0 Å². The van der Waals surface area contributed by atoms with Crippen LogP contribution in [0, 0.1) is 19.7 Å². The van der Waals surface area contributed by atoms with Gasteiger partial charge in [0.25, 0.3) is 5.91 Å². The van der Waals surface area contributed by atoms with Crippen LogP contribution in [0.5, 0.6) is 5.75 Å². The molecule has 152 valence electrons. The van der Waals surface area contributed by atoms with E-state index in [1.54, 1.807) is 41.8 Å². The molecular weight excluding hydrogens is 407 g/mol. The summed E-state index contributed by atoms with van der Waals surface area (Å²) in [5.41, 5.74) is 4.35. The normalized spacial score (nSPS) is 11.0. The smallest absolute Gasteiger partial charge is 0.259 e. The summed E-state index contributed by atoms with van der Waals surface area (Å²) in [6, 6.07) is 11.1. The van der Waals surface area contributed by atoms with Crippen LogP contribution in [0.15, 0.2) is 48.7 Å². The molecular formula is C22H18ClFN4O2. The van der Waals surface area contributed by atoms with E-state index in [1.165, 1.54) is 25.4 Å². The molecule has 1 amide bonds. The second kappa shape index (κ2) is 7.76. The number of fused-ring (bicyclic) bond motifs is 1. The lowest BCUT2D eigenvalue weighted by Gasteiger charge is -2.12. The number of anilines is 1. The number of aryl methyl sites for hydroxylation is 2. The number of methoxy groups -OCH3 is 1. The van der Waals surface area contributed by atoms with Gasteiger partial charge < -0.3 is 10.1 Å². The van der Waals surface area contributed by atoms with Crippen LogP contribution in [0.2, 0.25) is 5.02 Å². The minimum atomic E-state index is -0.362. The zero-order valence-corrected chi connectivity index (χ0v) is 17.3. The SMILES string of the molecule is COc1ccc(Cl)cc1NC(=O)c1cnc2c(-c3ccc(F)cc3)c(C)nn2c1C. The van der Waals surface area contributed by atoms with E-state index in [1.807, 2.05) is 6.92 Å². The van der Waals surface area contributed by atoms with Gasteiger partial charge in [-0.15, -0.1) is 0 Å².